The third kappa shape index (κ3) is 8.62. The zero-order valence-electron chi connectivity index (χ0n) is 12.6. The highest BCUT2D eigenvalue weighted by atomic mass is 35.5. The van der Waals surface area contributed by atoms with E-state index in [4.69, 9.17) is 16.6 Å². The number of rotatable bonds is 7. The summed E-state index contributed by atoms with van der Waals surface area (Å²) in [6, 6.07) is 2.32. The van der Waals surface area contributed by atoms with Gasteiger partial charge in [0.25, 0.3) is 0 Å². The molecule has 9 heteroatoms. The summed E-state index contributed by atoms with van der Waals surface area (Å²) in [5.41, 5.74) is 10.4. The largest absolute Gasteiger partial charge is 0.507 e. The third-order valence-corrected chi connectivity index (χ3v) is 2.60. The SMILES string of the molecule is CCl.NC(N)=NCCCC(N=Cc1cc(F)ccc1O)C(=O)O. The van der Waals surface area contributed by atoms with Crippen LogP contribution in [0.3, 0.4) is 0 Å². The monoisotopic (exact) mass is 346 g/mol. The molecule has 23 heavy (non-hydrogen) atoms. The van der Waals surface area contributed by atoms with Crippen molar-refractivity contribution in [3.05, 3.63) is 29.6 Å². The van der Waals surface area contributed by atoms with E-state index in [0.29, 0.717) is 13.0 Å². The van der Waals surface area contributed by atoms with Crippen molar-refractivity contribution in [2.24, 2.45) is 21.5 Å². The number of alkyl halides is 1. The molecule has 0 fully saturated rings. The lowest BCUT2D eigenvalue weighted by atomic mass is 10.1. The van der Waals surface area contributed by atoms with Gasteiger partial charge in [-0.25, -0.2) is 9.18 Å². The first-order chi connectivity index (χ1) is 10.9. The second-order valence-electron chi connectivity index (χ2n) is 4.28. The van der Waals surface area contributed by atoms with E-state index >= 15 is 0 Å². The highest BCUT2D eigenvalue weighted by Crippen LogP contribution is 2.16. The van der Waals surface area contributed by atoms with Crippen molar-refractivity contribution < 1.29 is 19.4 Å². The maximum absolute atomic E-state index is 13.0. The summed E-state index contributed by atoms with van der Waals surface area (Å²) >= 11 is 4.64. The minimum absolute atomic E-state index is 0.0601. The van der Waals surface area contributed by atoms with E-state index in [1.807, 2.05) is 0 Å². The Morgan fingerprint density at radius 1 is 1.43 bits per heavy atom. The van der Waals surface area contributed by atoms with Gasteiger partial charge in [-0.05, 0) is 31.0 Å². The van der Waals surface area contributed by atoms with Crippen LogP contribution >= 0.6 is 11.6 Å². The van der Waals surface area contributed by atoms with Gasteiger partial charge >= 0.3 is 5.97 Å². The first-order valence-electron chi connectivity index (χ1n) is 6.58. The van der Waals surface area contributed by atoms with Gasteiger partial charge in [-0.15, -0.1) is 11.6 Å². The summed E-state index contributed by atoms with van der Waals surface area (Å²) < 4.78 is 13.0. The number of nitrogens with two attached hydrogens (primary N) is 2. The van der Waals surface area contributed by atoms with Crippen molar-refractivity contribution in [3.8, 4) is 5.75 Å². The fraction of sp³-hybridized carbons (Fsp3) is 0.357. The molecule has 128 valence electrons. The maximum atomic E-state index is 13.0. The molecule has 1 aromatic carbocycles. The molecule has 1 unspecified atom stereocenters. The average Bonchev–Trinajstić information content (AvgIpc) is 2.51. The van der Waals surface area contributed by atoms with Gasteiger partial charge in [0.15, 0.2) is 5.96 Å². The molecule has 0 spiro atoms. The molecule has 1 aromatic rings. The van der Waals surface area contributed by atoms with Crippen LogP contribution in [0.25, 0.3) is 0 Å². The molecule has 1 atom stereocenters. The van der Waals surface area contributed by atoms with Crippen LogP contribution < -0.4 is 11.5 Å². The van der Waals surface area contributed by atoms with E-state index in [9.17, 15) is 14.3 Å². The quantitative estimate of drug-likeness (QED) is 0.255. The number of aromatic hydroxyl groups is 1. The molecular formula is C14H20ClFN4O3. The van der Waals surface area contributed by atoms with E-state index in [1.165, 1.54) is 12.4 Å². The van der Waals surface area contributed by atoms with Gasteiger partial charge in [0.05, 0.1) is 0 Å². The van der Waals surface area contributed by atoms with Crippen LogP contribution in [0.1, 0.15) is 18.4 Å². The summed E-state index contributed by atoms with van der Waals surface area (Å²) in [6.45, 7) is 0.298. The molecule has 7 nitrogen and oxygen atoms in total. The smallest absolute Gasteiger partial charge is 0.328 e. The van der Waals surface area contributed by atoms with Crippen LogP contribution in [0.5, 0.6) is 5.75 Å². The molecule has 0 saturated heterocycles. The van der Waals surface area contributed by atoms with Gasteiger partial charge < -0.3 is 21.7 Å². The predicted octanol–water partition coefficient (Wildman–Crippen LogP) is 1.31. The Balaban J connectivity index is 0.00000232. The molecular weight excluding hydrogens is 327 g/mol. The van der Waals surface area contributed by atoms with Gasteiger partial charge in [-0.3, -0.25) is 9.98 Å². The summed E-state index contributed by atoms with van der Waals surface area (Å²) in [4.78, 5) is 18.7. The van der Waals surface area contributed by atoms with Crippen molar-refractivity contribution >= 4 is 29.7 Å². The third-order valence-electron chi connectivity index (χ3n) is 2.60. The molecule has 0 saturated carbocycles. The minimum Gasteiger partial charge on any atom is -0.507 e. The average molecular weight is 347 g/mol. The van der Waals surface area contributed by atoms with E-state index in [-0.39, 0.29) is 23.7 Å². The lowest BCUT2D eigenvalue weighted by Gasteiger charge is -2.06. The second kappa shape index (κ2) is 11.2. The van der Waals surface area contributed by atoms with E-state index in [2.05, 4.69) is 21.6 Å². The van der Waals surface area contributed by atoms with Gasteiger partial charge in [-0.1, -0.05) is 0 Å². The summed E-state index contributed by atoms with van der Waals surface area (Å²) in [5, 5.41) is 18.6. The fourth-order valence-corrected chi connectivity index (χ4v) is 1.55. The van der Waals surface area contributed by atoms with Gasteiger partial charge in [0.2, 0.25) is 0 Å². The number of phenols is 1. The minimum atomic E-state index is -1.12. The number of aliphatic carboxylic acids is 1. The molecule has 0 aromatic heterocycles. The maximum Gasteiger partial charge on any atom is 0.328 e. The Kier molecular flexibility index (Phi) is 10.1. The first-order valence-corrected chi connectivity index (χ1v) is 7.33. The number of carboxylic acids is 1. The highest BCUT2D eigenvalue weighted by Gasteiger charge is 2.14. The van der Waals surface area contributed by atoms with Crippen molar-refractivity contribution in [1.29, 1.82) is 0 Å². The molecule has 6 N–H and O–H groups in total. The van der Waals surface area contributed by atoms with E-state index < -0.39 is 17.8 Å². The van der Waals surface area contributed by atoms with Gasteiger partial charge in [-0.2, -0.15) is 0 Å². The van der Waals surface area contributed by atoms with Gasteiger partial charge in [0.1, 0.15) is 17.6 Å². The lowest BCUT2D eigenvalue weighted by molar-refractivity contribution is -0.138. The molecule has 1 rings (SSSR count). The zero-order chi connectivity index (χ0) is 17.8. The number of halogens is 2. The molecule has 0 radical (unpaired) electrons. The summed E-state index contributed by atoms with van der Waals surface area (Å²) in [7, 11) is 0. The van der Waals surface area contributed by atoms with Crippen LogP contribution in [0.2, 0.25) is 0 Å². The molecule has 0 heterocycles. The number of phenolic OH excluding ortho intramolecular Hbond substituents is 1. The van der Waals surface area contributed by atoms with Crippen molar-refractivity contribution in [2.45, 2.75) is 18.9 Å². The number of hydrogen-bond donors (Lipinski definition) is 4. The standard InChI is InChI=1S/C13H17FN4O3.CH3Cl/c14-9-3-4-11(19)8(6-9)7-18-10(12(20)21)2-1-5-17-13(15)16;1-2/h3-4,6-7,10,19H,1-2,5H2,(H,20,21)(H4,15,16,17);1H3. The van der Waals surface area contributed by atoms with Crippen LogP contribution in [0.15, 0.2) is 28.2 Å². The zero-order valence-corrected chi connectivity index (χ0v) is 13.4. The highest BCUT2D eigenvalue weighted by molar-refractivity contribution is 6.15. The Hall–Kier alpha value is -2.35. The number of nitrogens with zero attached hydrogens (tertiary/aromatic N) is 2. The first kappa shape index (κ1) is 20.6. The Morgan fingerprint density at radius 3 is 2.65 bits per heavy atom. The number of guanidine groups is 1. The Morgan fingerprint density at radius 2 is 2.09 bits per heavy atom. The molecule has 0 amide bonds. The molecule has 0 bridgehead atoms. The van der Waals surface area contributed by atoms with Crippen molar-refractivity contribution in [3.63, 3.8) is 0 Å². The number of carboxylic acid groups (broad SMARTS) is 1. The summed E-state index contributed by atoms with van der Waals surface area (Å²) in [5.74, 6) is -1.90. The number of benzene rings is 1. The summed E-state index contributed by atoms with van der Waals surface area (Å²) in [6.07, 6.45) is 3.26. The van der Waals surface area contributed by atoms with Crippen molar-refractivity contribution in [2.75, 3.05) is 12.9 Å². The number of hydrogen-bond acceptors (Lipinski definition) is 4. The lowest BCUT2D eigenvalue weighted by Crippen LogP contribution is -2.23. The topological polar surface area (TPSA) is 134 Å². The molecule has 0 aliphatic rings. The number of carbonyl (C=O) groups is 1. The van der Waals surface area contributed by atoms with Crippen LogP contribution in [-0.4, -0.2) is 47.3 Å². The van der Waals surface area contributed by atoms with Crippen molar-refractivity contribution in [1.82, 2.24) is 0 Å². The van der Waals surface area contributed by atoms with Crippen LogP contribution in [0, 0.1) is 5.82 Å². The second-order valence-corrected chi connectivity index (χ2v) is 4.28. The van der Waals surface area contributed by atoms with Crippen LogP contribution in [0.4, 0.5) is 4.39 Å². The molecule has 0 aliphatic carbocycles. The van der Waals surface area contributed by atoms with Crippen LogP contribution in [-0.2, 0) is 4.79 Å². The van der Waals surface area contributed by atoms with E-state index in [1.54, 1.807) is 0 Å². The number of aliphatic imine (C=N–C) groups is 2. The van der Waals surface area contributed by atoms with Gasteiger partial charge in [0, 0.05) is 24.7 Å². The Bertz CT molecular complexity index is 563. The Labute approximate surface area is 138 Å². The van der Waals surface area contributed by atoms with E-state index in [0.717, 1.165) is 18.3 Å². The predicted molar refractivity (Wildman–Crippen MR) is 88.8 cm³/mol. The molecule has 0 aliphatic heterocycles. The fourth-order valence-electron chi connectivity index (χ4n) is 1.55. The normalized spacial score (nSPS) is 11.4.